The summed E-state index contributed by atoms with van der Waals surface area (Å²) in [5.74, 6) is -0.753. The number of hydrogen-bond acceptors (Lipinski definition) is 8. The van der Waals surface area contributed by atoms with E-state index in [4.69, 9.17) is 26.5 Å². The highest BCUT2D eigenvalue weighted by molar-refractivity contribution is 6.30. The fraction of sp³-hybridized carbons (Fsp3) is 0.375. The van der Waals surface area contributed by atoms with Crippen molar-refractivity contribution < 1.29 is 23.5 Å². The molecule has 1 aliphatic carbocycles. The normalized spacial score (nSPS) is 19.8. The Labute approximate surface area is 223 Å². The number of halogens is 2. The van der Waals surface area contributed by atoms with Gasteiger partial charge in [-0.3, -0.25) is 14.4 Å². The monoisotopic (exact) mass is 548 g/mol. The number of amides is 3. The highest BCUT2D eigenvalue weighted by atomic mass is 35.5. The molecular formula is C24H26Cl2N6O5. The predicted molar refractivity (Wildman–Crippen MR) is 140 cm³/mol. The zero-order valence-electron chi connectivity index (χ0n) is 19.7. The number of carbonyl (C=O) groups is 3. The van der Waals surface area contributed by atoms with Gasteiger partial charge >= 0.3 is 0 Å². The lowest BCUT2D eigenvalue weighted by Gasteiger charge is -2.38. The fourth-order valence-electron chi connectivity index (χ4n) is 4.68. The molecule has 2 aliphatic rings. The average molecular weight is 549 g/mol. The molecule has 2 fully saturated rings. The number of rotatable bonds is 5. The molecule has 0 atom stereocenters. The Morgan fingerprint density at radius 3 is 2.59 bits per heavy atom. The Morgan fingerprint density at radius 2 is 1.89 bits per heavy atom. The molecule has 0 spiro atoms. The van der Waals surface area contributed by atoms with Crippen LogP contribution in [0.3, 0.4) is 0 Å². The maximum absolute atomic E-state index is 13.2. The Balaban J connectivity index is 0.00000320. The van der Waals surface area contributed by atoms with Crippen LogP contribution in [-0.4, -0.2) is 58.4 Å². The molecule has 3 amide bonds. The topological polar surface area (TPSA) is 153 Å². The number of ether oxygens (including phenoxy) is 1. The minimum Gasteiger partial charge on any atom is -0.447 e. The third-order valence-electron chi connectivity index (χ3n) is 6.51. The molecule has 0 unspecified atom stereocenters. The van der Waals surface area contributed by atoms with Crippen LogP contribution in [0.4, 0.5) is 17.3 Å². The molecule has 1 saturated heterocycles. The molecule has 5 rings (SSSR count). The lowest BCUT2D eigenvalue weighted by molar-refractivity contribution is -0.146. The summed E-state index contributed by atoms with van der Waals surface area (Å²) < 4.78 is 11.0. The average Bonchev–Trinajstić information content (AvgIpc) is 3.23. The molecule has 0 radical (unpaired) electrons. The van der Waals surface area contributed by atoms with Gasteiger partial charge in [0.25, 0.3) is 5.91 Å². The third kappa shape index (κ3) is 5.79. The van der Waals surface area contributed by atoms with Crippen molar-refractivity contribution in [1.29, 1.82) is 0 Å². The highest BCUT2D eigenvalue weighted by Gasteiger charge is 2.34. The van der Waals surface area contributed by atoms with E-state index in [1.807, 2.05) is 4.90 Å². The molecule has 196 valence electrons. The number of anilines is 3. The lowest BCUT2D eigenvalue weighted by atomic mass is 9.84. The minimum absolute atomic E-state index is 0. The van der Waals surface area contributed by atoms with Gasteiger partial charge in [0.15, 0.2) is 5.58 Å². The van der Waals surface area contributed by atoms with Gasteiger partial charge in [-0.1, -0.05) is 11.6 Å². The number of furan rings is 1. The molecule has 3 aromatic heterocycles. The van der Waals surface area contributed by atoms with Crippen LogP contribution in [-0.2, 0) is 14.3 Å². The summed E-state index contributed by atoms with van der Waals surface area (Å²) in [7, 11) is 0. The van der Waals surface area contributed by atoms with Crippen molar-refractivity contribution >= 4 is 70.2 Å². The molecule has 13 heteroatoms. The number of fused-ring (bicyclic) bond motifs is 1. The number of nitrogens with zero attached hydrogens (tertiary/aromatic N) is 3. The smallest absolute Gasteiger partial charge is 0.294 e. The maximum atomic E-state index is 13.2. The van der Waals surface area contributed by atoms with E-state index in [2.05, 4.69) is 20.6 Å². The second-order valence-electron chi connectivity index (χ2n) is 8.84. The first-order valence-corrected chi connectivity index (χ1v) is 12.1. The van der Waals surface area contributed by atoms with Gasteiger partial charge in [-0.05, 0) is 49.9 Å². The predicted octanol–water partition coefficient (Wildman–Crippen LogP) is 3.49. The van der Waals surface area contributed by atoms with Crippen LogP contribution in [0, 0.1) is 5.92 Å². The quantitative estimate of drug-likeness (QED) is 0.437. The molecule has 11 nitrogen and oxygen atoms in total. The van der Waals surface area contributed by atoms with E-state index in [0.717, 1.165) is 12.8 Å². The number of hydrogen-bond donors (Lipinski definition) is 3. The maximum Gasteiger partial charge on any atom is 0.294 e. The Bertz CT molecular complexity index is 1310. The van der Waals surface area contributed by atoms with Gasteiger partial charge in [0.05, 0.1) is 11.6 Å². The van der Waals surface area contributed by atoms with Crippen molar-refractivity contribution in [2.45, 2.75) is 31.7 Å². The summed E-state index contributed by atoms with van der Waals surface area (Å²) in [6, 6.07) is 6.39. The summed E-state index contributed by atoms with van der Waals surface area (Å²) in [4.78, 5) is 48.7. The van der Waals surface area contributed by atoms with Gasteiger partial charge in [-0.15, -0.1) is 12.4 Å². The van der Waals surface area contributed by atoms with Gasteiger partial charge in [-0.2, -0.15) is 0 Å². The number of morpholine rings is 1. The molecule has 1 saturated carbocycles. The van der Waals surface area contributed by atoms with Crippen LogP contribution in [0.2, 0.25) is 5.02 Å². The standard InChI is InChI=1S/C24H25ClN6O5.ClH/c25-14-3-8-18(27-11-14)29-24(34)22-21(20-16(36-22)6-7-17(26)28-20)30-23(33)13-1-4-15(5-2-13)31-9-10-35-12-19(31)32;/h3,6-8,11,13,15H,1-2,4-5,9-10,12H2,(H2,26,28)(H,30,33)(H,27,29,34);1H/t13-,15-;. The zero-order chi connectivity index (χ0) is 25.2. The number of carbonyl (C=O) groups excluding carboxylic acids is 3. The molecule has 1 aliphatic heterocycles. The van der Waals surface area contributed by atoms with Crippen LogP contribution >= 0.6 is 24.0 Å². The lowest BCUT2D eigenvalue weighted by Crippen LogP contribution is -2.49. The highest BCUT2D eigenvalue weighted by Crippen LogP contribution is 2.34. The SMILES string of the molecule is Cl.Nc1ccc2oc(C(=O)Nc3ccc(Cl)cn3)c(NC(=O)[C@H]3CC[C@H](N4CCOCC4=O)CC3)c2n1. The third-order valence-corrected chi connectivity index (χ3v) is 6.73. The van der Waals surface area contributed by atoms with Gasteiger partial charge in [-0.25, -0.2) is 9.97 Å². The number of aromatic nitrogens is 2. The Morgan fingerprint density at radius 1 is 1.11 bits per heavy atom. The number of nitrogens with two attached hydrogens (primary N) is 1. The Hall–Kier alpha value is -3.41. The second-order valence-corrected chi connectivity index (χ2v) is 9.28. The van der Waals surface area contributed by atoms with Crippen molar-refractivity contribution in [3.05, 3.63) is 41.2 Å². The zero-order valence-corrected chi connectivity index (χ0v) is 21.3. The number of pyridine rings is 2. The fourth-order valence-corrected chi connectivity index (χ4v) is 4.79. The van der Waals surface area contributed by atoms with Crippen molar-refractivity contribution in [2.75, 3.05) is 36.1 Å². The van der Waals surface area contributed by atoms with E-state index >= 15 is 0 Å². The van der Waals surface area contributed by atoms with Gasteiger partial charge in [0.2, 0.25) is 17.6 Å². The van der Waals surface area contributed by atoms with E-state index in [0.29, 0.717) is 36.6 Å². The molecule has 4 heterocycles. The van der Waals surface area contributed by atoms with E-state index < -0.39 is 5.91 Å². The molecule has 37 heavy (non-hydrogen) atoms. The Kier molecular flexibility index (Phi) is 8.16. The first kappa shape index (κ1) is 26.6. The first-order chi connectivity index (χ1) is 17.4. The summed E-state index contributed by atoms with van der Waals surface area (Å²) in [6.45, 7) is 1.22. The number of nitrogens with one attached hydrogen (secondary N) is 2. The summed E-state index contributed by atoms with van der Waals surface area (Å²) >= 11 is 5.86. The van der Waals surface area contributed by atoms with Gasteiger partial charge in [0, 0.05) is 24.7 Å². The molecule has 3 aromatic rings. The van der Waals surface area contributed by atoms with Crippen LogP contribution in [0.25, 0.3) is 11.1 Å². The van der Waals surface area contributed by atoms with Crippen LogP contribution < -0.4 is 16.4 Å². The van der Waals surface area contributed by atoms with Crippen LogP contribution in [0.5, 0.6) is 0 Å². The van der Waals surface area contributed by atoms with E-state index in [-0.39, 0.29) is 71.4 Å². The molecule has 0 bridgehead atoms. The summed E-state index contributed by atoms with van der Waals surface area (Å²) in [5.41, 5.74) is 6.60. The van der Waals surface area contributed by atoms with Crippen LogP contribution in [0.15, 0.2) is 34.9 Å². The van der Waals surface area contributed by atoms with Crippen molar-refractivity contribution in [2.24, 2.45) is 5.92 Å². The molecule has 4 N–H and O–H groups in total. The summed E-state index contributed by atoms with van der Waals surface area (Å²) in [5, 5.41) is 5.92. The second kappa shape index (κ2) is 11.3. The summed E-state index contributed by atoms with van der Waals surface area (Å²) in [6.07, 6.45) is 4.07. The van der Waals surface area contributed by atoms with Crippen LogP contribution in [0.1, 0.15) is 36.2 Å². The number of nitrogen functional groups attached to an aromatic ring is 1. The van der Waals surface area contributed by atoms with E-state index in [9.17, 15) is 14.4 Å². The van der Waals surface area contributed by atoms with Gasteiger partial charge < -0.3 is 30.4 Å². The van der Waals surface area contributed by atoms with Crippen molar-refractivity contribution in [3.8, 4) is 0 Å². The van der Waals surface area contributed by atoms with E-state index in [1.54, 1.807) is 24.3 Å². The molecular weight excluding hydrogens is 523 g/mol. The van der Waals surface area contributed by atoms with Gasteiger partial charge in [0.1, 0.15) is 29.4 Å². The first-order valence-electron chi connectivity index (χ1n) is 11.7. The van der Waals surface area contributed by atoms with Crippen molar-refractivity contribution in [3.63, 3.8) is 0 Å². The minimum atomic E-state index is -0.605. The largest absolute Gasteiger partial charge is 0.447 e. The van der Waals surface area contributed by atoms with E-state index in [1.165, 1.54) is 6.20 Å². The molecule has 0 aromatic carbocycles. The van der Waals surface area contributed by atoms with Crippen molar-refractivity contribution in [1.82, 2.24) is 14.9 Å².